The van der Waals surface area contributed by atoms with Gasteiger partial charge >= 0.3 is 0 Å². The molecule has 5 rings (SSSR count). The molecule has 2 aliphatic carbocycles. The van der Waals surface area contributed by atoms with Crippen LogP contribution in [0.3, 0.4) is 0 Å². The number of rotatable bonds is 9. The summed E-state index contributed by atoms with van der Waals surface area (Å²) < 4.78 is 0. The lowest BCUT2D eigenvalue weighted by Gasteiger charge is -2.32. The average Bonchev–Trinajstić information content (AvgIpc) is 3.28. The number of aryl methyl sites for hydroxylation is 2. The maximum Gasteiger partial charge on any atom is 0.245 e. The fraction of sp³-hybridized carbons (Fsp3) is 0.545. The van der Waals surface area contributed by atoms with E-state index in [1.54, 1.807) is 18.9 Å². The number of likely N-dealkylation sites (tertiary alicyclic amines) is 1. The number of amides is 3. The first-order chi connectivity index (χ1) is 19.2. The Bertz CT molecular complexity index is 1220. The van der Waals surface area contributed by atoms with E-state index in [0.29, 0.717) is 37.6 Å². The minimum absolute atomic E-state index is 0.0333. The van der Waals surface area contributed by atoms with Crippen molar-refractivity contribution in [3.8, 4) is 0 Å². The summed E-state index contributed by atoms with van der Waals surface area (Å²) in [5.41, 5.74) is 3.56. The third-order valence-electron chi connectivity index (χ3n) is 10.1. The van der Waals surface area contributed by atoms with Crippen LogP contribution in [0.2, 0.25) is 0 Å². The van der Waals surface area contributed by atoms with Crippen LogP contribution in [0.1, 0.15) is 69.2 Å². The van der Waals surface area contributed by atoms with Gasteiger partial charge in [-0.05, 0) is 86.4 Å². The molecule has 1 heterocycles. The summed E-state index contributed by atoms with van der Waals surface area (Å²) in [6, 6.07) is 16.7. The first-order valence-corrected chi connectivity index (χ1v) is 15.0. The lowest BCUT2D eigenvalue weighted by molar-refractivity contribution is -0.142. The first kappa shape index (κ1) is 28.3. The van der Waals surface area contributed by atoms with Gasteiger partial charge in [-0.2, -0.15) is 0 Å². The van der Waals surface area contributed by atoms with Crippen LogP contribution < -0.4 is 16.0 Å². The molecule has 1 spiro atoms. The average molecular weight is 545 g/mol. The molecule has 0 aromatic heterocycles. The quantitative estimate of drug-likeness (QED) is 0.448. The van der Waals surface area contributed by atoms with E-state index in [1.807, 2.05) is 36.4 Å². The Kier molecular flexibility index (Phi) is 8.31. The maximum absolute atomic E-state index is 14.3. The molecule has 0 radical (unpaired) electrons. The number of nitrogens with zero attached hydrogens (tertiary/aromatic N) is 1. The molecule has 3 amide bonds. The molecule has 6 atom stereocenters. The van der Waals surface area contributed by atoms with E-state index in [0.717, 1.165) is 24.8 Å². The Morgan fingerprint density at radius 3 is 2.42 bits per heavy atom. The highest BCUT2D eigenvalue weighted by molar-refractivity contribution is 5.94. The van der Waals surface area contributed by atoms with Gasteiger partial charge < -0.3 is 20.9 Å². The predicted octanol–water partition coefficient (Wildman–Crippen LogP) is 3.78. The van der Waals surface area contributed by atoms with Crippen LogP contribution in [0.4, 0.5) is 0 Å². The molecule has 1 aliphatic heterocycles. The van der Waals surface area contributed by atoms with Crippen molar-refractivity contribution in [1.29, 1.82) is 0 Å². The second-order valence-corrected chi connectivity index (χ2v) is 12.2. The molecular weight excluding hydrogens is 500 g/mol. The zero-order valence-electron chi connectivity index (χ0n) is 24.3. The largest absolute Gasteiger partial charge is 0.347 e. The SMILES string of the molecule is CN[C@@H](C)C(=O)N[C@@H](CCc1ccccc1)C(=O)N1CC2(C[C@H]1C(=O)N[C@@H]1CCCc3ccccc31)C(C)C2C. The highest BCUT2D eigenvalue weighted by Gasteiger charge is 2.66. The van der Waals surface area contributed by atoms with E-state index in [4.69, 9.17) is 0 Å². The number of hydrogen-bond donors (Lipinski definition) is 3. The van der Waals surface area contributed by atoms with Crippen LogP contribution >= 0.6 is 0 Å². The van der Waals surface area contributed by atoms with Crippen LogP contribution in [0.15, 0.2) is 54.6 Å². The van der Waals surface area contributed by atoms with Crippen molar-refractivity contribution in [1.82, 2.24) is 20.9 Å². The van der Waals surface area contributed by atoms with Gasteiger partial charge in [0.15, 0.2) is 0 Å². The summed E-state index contributed by atoms with van der Waals surface area (Å²) in [5, 5.41) is 9.31. The molecule has 214 valence electrons. The predicted molar refractivity (Wildman–Crippen MR) is 156 cm³/mol. The number of benzene rings is 2. The van der Waals surface area contributed by atoms with E-state index in [1.165, 1.54) is 11.1 Å². The van der Waals surface area contributed by atoms with E-state index in [-0.39, 0.29) is 29.2 Å². The van der Waals surface area contributed by atoms with Crippen molar-refractivity contribution in [2.24, 2.45) is 17.3 Å². The Balaban J connectivity index is 1.37. The molecule has 1 saturated carbocycles. The second kappa shape index (κ2) is 11.7. The molecule has 2 aromatic carbocycles. The topological polar surface area (TPSA) is 90.5 Å². The molecule has 2 aromatic rings. The van der Waals surface area contributed by atoms with Gasteiger partial charge in [-0.15, -0.1) is 0 Å². The Labute approximate surface area is 238 Å². The molecule has 7 nitrogen and oxygen atoms in total. The van der Waals surface area contributed by atoms with Crippen LogP contribution in [0.25, 0.3) is 0 Å². The summed E-state index contributed by atoms with van der Waals surface area (Å²) in [6.07, 6.45) is 4.77. The highest BCUT2D eigenvalue weighted by atomic mass is 16.2. The van der Waals surface area contributed by atoms with Crippen LogP contribution in [0, 0.1) is 17.3 Å². The number of hydrogen-bond acceptors (Lipinski definition) is 4. The minimum Gasteiger partial charge on any atom is -0.347 e. The van der Waals surface area contributed by atoms with E-state index in [2.05, 4.69) is 48.0 Å². The summed E-state index contributed by atoms with van der Waals surface area (Å²) in [4.78, 5) is 42.9. The van der Waals surface area contributed by atoms with Gasteiger partial charge in [0, 0.05) is 6.54 Å². The van der Waals surface area contributed by atoms with Crippen molar-refractivity contribution < 1.29 is 14.4 Å². The lowest BCUT2D eigenvalue weighted by Crippen LogP contribution is -2.56. The Morgan fingerprint density at radius 1 is 1.02 bits per heavy atom. The van der Waals surface area contributed by atoms with Gasteiger partial charge in [-0.25, -0.2) is 0 Å². The summed E-state index contributed by atoms with van der Waals surface area (Å²) in [5.74, 6) is 0.473. The van der Waals surface area contributed by atoms with Gasteiger partial charge in [-0.3, -0.25) is 14.4 Å². The van der Waals surface area contributed by atoms with Crippen molar-refractivity contribution in [2.45, 2.75) is 83.5 Å². The van der Waals surface area contributed by atoms with E-state index >= 15 is 0 Å². The molecule has 7 heteroatoms. The van der Waals surface area contributed by atoms with Crippen molar-refractivity contribution in [3.05, 3.63) is 71.3 Å². The van der Waals surface area contributed by atoms with Crippen LogP contribution in [0.5, 0.6) is 0 Å². The zero-order valence-corrected chi connectivity index (χ0v) is 24.3. The fourth-order valence-electron chi connectivity index (χ4n) is 7.05. The fourth-order valence-corrected chi connectivity index (χ4v) is 7.05. The highest BCUT2D eigenvalue weighted by Crippen LogP contribution is 2.64. The standard InChI is InChI=1S/C33H44N4O3/c1-21-22(2)33(21)19-29(31(39)35-27-16-10-14-25-13-8-9-15-26(25)27)37(20-33)32(40)28(36-30(38)23(3)34-4)18-17-24-11-6-5-7-12-24/h5-9,11-13,15,21-23,27-29,34H,10,14,16-20H2,1-4H3,(H,35,39)(H,36,38)/t21?,22?,23-,27+,28-,29-,33?/m0/s1. The molecule has 3 aliphatic rings. The van der Waals surface area contributed by atoms with Crippen molar-refractivity contribution in [2.75, 3.05) is 13.6 Å². The monoisotopic (exact) mass is 544 g/mol. The third-order valence-corrected chi connectivity index (χ3v) is 10.1. The van der Waals surface area contributed by atoms with Gasteiger partial charge in [0.05, 0.1) is 12.1 Å². The summed E-state index contributed by atoms with van der Waals surface area (Å²) in [7, 11) is 1.73. The van der Waals surface area contributed by atoms with Gasteiger partial charge in [0.1, 0.15) is 12.1 Å². The van der Waals surface area contributed by atoms with Gasteiger partial charge in [-0.1, -0.05) is 68.4 Å². The number of nitrogens with one attached hydrogen (secondary N) is 3. The van der Waals surface area contributed by atoms with E-state index in [9.17, 15) is 14.4 Å². The zero-order chi connectivity index (χ0) is 28.4. The molecule has 1 saturated heterocycles. The molecule has 2 fully saturated rings. The van der Waals surface area contributed by atoms with Gasteiger partial charge in [0.2, 0.25) is 17.7 Å². The summed E-state index contributed by atoms with van der Waals surface area (Å²) >= 11 is 0. The van der Waals surface area contributed by atoms with Crippen molar-refractivity contribution >= 4 is 17.7 Å². The maximum atomic E-state index is 14.3. The molecule has 0 bridgehead atoms. The lowest BCUT2D eigenvalue weighted by atomic mass is 9.87. The number of fused-ring (bicyclic) bond motifs is 1. The normalized spacial score (nSPS) is 28.4. The molecular formula is C33H44N4O3. The van der Waals surface area contributed by atoms with Gasteiger partial charge in [0.25, 0.3) is 0 Å². The third kappa shape index (κ3) is 5.53. The number of likely N-dealkylation sites (N-methyl/N-ethyl adjacent to an activating group) is 1. The Morgan fingerprint density at radius 2 is 1.73 bits per heavy atom. The second-order valence-electron chi connectivity index (χ2n) is 12.2. The molecule has 3 N–H and O–H groups in total. The summed E-state index contributed by atoms with van der Waals surface area (Å²) in [6.45, 7) is 6.81. The van der Waals surface area contributed by atoms with Crippen molar-refractivity contribution in [3.63, 3.8) is 0 Å². The number of carbonyl (C=O) groups is 3. The smallest absolute Gasteiger partial charge is 0.245 e. The van der Waals surface area contributed by atoms with Crippen LogP contribution in [-0.4, -0.2) is 54.3 Å². The number of carbonyl (C=O) groups excluding carboxylic acids is 3. The molecule has 40 heavy (non-hydrogen) atoms. The first-order valence-electron chi connectivity index (χ1n) is 15.0. The molecule has 2 unspecified atom stereocenters. The Hall–Kier alpha value is -3.19. The van der Waals surface area contributed by atoms with Crippen LogP contribution in [-0.2, 0) is 27.2 Å². The minimum atomic E-state index is -0.700. The van der Waals surface area contributed by atoms with E-state index < -0.39 is 18.1 Å².